The van der Waals surface area contributed by atoms with E-state index in [0.29, 0.717) is 0 Å². The standard InChI is InChI=1S/C12H8FN5O3/c13-9-2-1-8(3-7(9)4-14)15-11(19)6-18-5-10(12(20)21)16-17-18/h1-3,5H,6H2,(H,15,19)(H,20,21). The van der Waals surface area contributed by atoms with Crippen molar-refractivity contribution in [2.45, 2.75) is 6.54 Å². The first-order valence-corrected chi connectivity index (χ1v) is 5.62. The number of benzene rings is 1. The summed E-state index contributed by atoms with van der Waals surface area (Å²) in [4.78, 5) is 22.3. The Morgan fingerprint density at radius 1 is 1.48 bits per heavy atom. The van der Waals surface area contributed by atoms with Crippen molar-refractivity contribution in [3.63, 3.8) is 0 Å². The second kappa shape index (κ2) is 5.79. The van der Waals surface area contributed by atoms with Gasteiger partial charge in [0, 0.05) is 5.69 Å². The fraction of sp³-hybridized carbons (Fsp3) is 0.0833. The van der Waals surface area contributed by atoms with Crippen LogP contribution in [0.2, 0.25) is 0 Å². The summed E-state index contributed by atoms with van der Waals surface area (Å²) < 4.78 is 14.2. The monoisotopic (exact) mass is 289 g/mol. The smallest absolute Gasteiger partial charge is 0.358 e. The molecular weight excluding hydrogens is 281 g/mol. The fourth-order valence-electron chi connectivity index (χ4n) is 1.51. The molecule has 2 rings (SSSR count). The average Bonchev–Trinajstić information content (AvgIpc) is 2.89. The molecule has 1 heterocycles. The van der Waals surface area contributed by atoms with Crippen LogP contribution in [0.4, 0.5) is 10.1 Å². The molecule has 0 unspecified atom stereocenters. The van der Waals surface area contributed by atoms with Crippen molar-refractivity contribution in [2.24, 2.45) is 0 Å². The van der Waals surface area contributed by atoms with Gasteiger partial charge in [-0.15, -0.1) is 5.10 Å². The van der Waals surface area contributed by atoms with Gasteiger partial charge >= 0.3 is 5.97 Å². The van der Waals surface area contributed by atoms with Crippen molar-refractivity contribution in [3.05, 3.63) is 41.5 Å². The number of carbonyl (C=O) groups excluding carboxylic acids is 1. The Hall–Kier alpha value is -3.28. The fourth-order valence-corrected chi connectivity index (χ4v) is 1.51. The third-order valence-corrected chi connectivity index (χ3v) is 2.43. The van der Waals surface area contributed by atoms with Gasteiger partial charge in [-0.2, -0.15) is 5.26 Å². The van der Waals surface area contributed by atoms with Gasteiger partial charge in [0.1, 0.15) is 18.4 Å². The maximum Gasteiger partial charge on any atom is 0.358 e. The molecule has 0 aliphatic heterocycles. The minimum atomic E-state index is -1.25. The molecule has 0 atom stereocenters. The zero-order valence-electron chi connectivity index (χ0n) is 10.4. The third-order valence-electron chi connectivity index (χ3n) is 2.43. The number of aromatic carboxylic acids is 1. The van der Waals surface area contributed by atoms with E-state index >= 15 is 0 Å². The predicted octanol–water partition coefficient (Wildman–Crippen LogP) is 0.626. The van der Waals surface area contributed by atoms with Crippen molar-refractivity contribution in [1.82, 2.24) is 15.0 Å². The maximum atomic E-state index is 13.1. The first-order chi connectivity index (χ1) is 9.99. The van der Waals surface area contributed by atoms with E-state index in [2.05, 4.69) is 15.6 Å². The van der Waals surface area contributed by atoms with E-state index in [-0.39, 0.29) is 23.5 Å². The van der Waals surface area contributed by atoms with Crippen LogP contribution in [-0.2, 0) is 11.3 Å². The first-order valence-electron chi connectivity index (χ1n) is 5.62. The van der Waals surface area contributed by atoms with Crippen LogP contribution in [0, 0.1) is 17.1 Å². The summed E-state index contributed by atoms with van der Waals surface area (Å²) in [7, 11) is 0. The van der Waals surface area contributed by atoms with Crippen molar-refractivity contribution in [1.29, 1.82) is 5.26 Å². The Morgan fingerprint density at radius 3 is 2.86 bits per heavy atom. The number of aromatic nitrogens is 3. The van der Waals surface area contributed by atoms with Crippen LogP contribution < -0.4 is 5.32 Å². The molecule has 1 aromatic carbocycles. The minimum Gasteiger partial charge on any atom is -0.476 e. The summed E-state index contributed by atoms with van der Waals surface area (Å²) in [6, 6.07) is 5.21. The van der Waals surface area contributed by atoms with E-state index < -0.39 is 17.7 Å². The number of nitrogens with one attached hydrogen (secondary N) is 1. The highest BCUT2D eigenvalue weighted by molar-refractivity contribution is 5.91. The number of nitrogens with zero attached hydrogens (tertiary/aromatic N) is 4. The second-order valence-electron chi connectivity index (χ2n) is 3.96. The molecule has 0 aliphatic carbocycles. The molecule has 2 aromatic rings. The SMILES string of the molecule is N#Cc1cc(NC(=O)Cn2cc(C(=O)O)nn2)ccc1F. The number of hydrogen-bond acceptors (Lipinski definition) is 5. The summed E-state index contributed by atoms with van der Waals surface area (Å²) in [5.41, 5.74) is -0.227. The lowest BCUT2D eigenvalue weighted by molar-refractivity contribution is -0.116. The summed E-state index contributed by atoms with van der Waals surface area (Å²) in [5, 5.41) is 26.6. The van der Waals surface area contributed by atoms with E-state index in [1.165, 1.54) is 12.1 Å². The first kappa shape index (κ1) is 14.1. The molecule has 0 saturated heterocycles. The van der Waals surface area contributed by atoms with Gasteiger partial charge in [-0.3, -0.25) is 4.79 Å². The van der Waals surface area contributed by atoms with Gasteiger partial charge in [0.05, 0.1) is 11.8 Å². The van der Waals surface area contributed by atoms with Gasteiger partial charge in [-0.1, -0.05) is 5.21 Å². The highest BCUT2D eigenvalue weighted by Gasteiger charge is 2.11. The van der Waals surface area contributed by atoms with Crippen LogP contribution in [-0.4, -0.2) is 32.0 Å². The summed E-state index contributed by atoms with van der Waals surface area (Å²) in [6.45, 7) is -0.264. The summed E-state index contributed by atoms with van der Waals surface area (Å²) in [6.07, 6.45) is 1.10. The minimum absolute atomic E-state index is 0.193. The number of rotatable bonds is 4. The molecule has 0 bridgehead atoms. The van der Waals surface area contributed by atoms with Crippen LogP contribution in [0.1, 0.15) is 16.1 Å². The van der Waals surface area contributed by atoms with E-state index in [9.17, 15) is 14.0 Å². The van der Waals surface area contributed by atoms with Crippen molar-refractivity contribution < 1.29 is 19.1 Å². The Morgan fingerprint density at radius 2 is 2.24 bits per heavy atom. The van der Waals surface area contributed by atoms with Gasteiger partial charge in [-0.25, -0.2) is 13.9 Å². The molecule has 1 amide bonds. The van der Waals surface area contributed by atoms with Crippen molar-refractivity contribution in [2.75, 3.05) is 5.32 Å². The lowest BCUT2D eigenvalue weighted by Crippen LogP contribution is -2.19. The lowest BCUT2D eigenvalue weighted by atomic mass is 10.2. The molecule has 0 aliphatic rings. The van der Waals surface area contributed by atoms with Gasteiger partial charge in [0.25, 0.3) is 0 Å². The highest BCUT2D eigenvalue weighted by Crippen LogP contribution is 2.13. The van der Waals surface area contributed by atoms with Gasteiger partial charge < -0.3 is 10.4 Å². The van der Waals surface area contributed by atoms with Crippen LogP contribution in [0.25, 0.3) is 0 Å². The number of amides is 1. The molecular formula is C12H8FN5O3. The van der Waals surface area contributed by atoms with E-state index in [4.69, 9.17) is 10.4 Å². The van der Waals surface area contributed by atoms with Gasteiger partial charge in [0.15, 0.2) is 5.69 Å². The molecule has 0 radical (unpaired) electrons. The molecule has 0 saturated carbocycles. The zero-order chi connectivity index (χ0) is 15.4. The quantitative estimate of drug-likeness (QED) is 0.851. The number of halogens is 1. The van der Waals surface area contributed by atoms with Gasteiger partial charge in [-0.05, 0) is 18.2 Å². The van der Waals surface area contributed by atoms with Crippen molar-refractivity contribution >= 4 is 17.6 Å². The van der Waals surface area contributed by atoms with E-state index in [0.717, 1.165) is 16.9 Å². The van der Waals surface area contributed by atoms with Crippen LogP contribution in [0.15, 0.2) is 24.4 Å². The number of hydrogen-bond donors (Lipinski definition) is 2. The van der Waals surface area contributed by atoms with Crippen molar-refractivity contribution in [3.8, 4) is 6.07 Å². The number of carboxylic acids is 1. The molecule has 21 heavy (non-hydrogen) atoms. The normalized spacial score (nSPS) is 9.90. The Labute approximate surface area is 117 Å². The van der Waals surface area contributed by atoms with Crippen LogP contribution >= 0.6 is 0 Å². The summed E-state index contributed by atoms with van der Waals surface area (Å²) in [5.74, 6) is -2.45. The molecule has 9 heteroatoms. The lowest BCUT2D eigenvalue weighted by Gasteiger charge is -2.05. The van der Waals surface area contributed by atoms with E-state index in [1.54, 1.807) is 6.07 Å². The van der Waals surface area contributed by atoms with Crippen LogP contribution in [0.3, 0.4) is 0 Å². The van der Waals surface area contributed by atoms with Crippen LogP contribution in [0.5, 0.6) is 0 Å². The predicted molar refractivity (Wildman–Crippen MR) is 66.7 cm³/mol. The Bertz CT molecular complexity index is 750. The number of carbonyl (C=O) groups is 2. The topological polar surface area (TPSA) is 121 Å². The maximum absolute atomic E-state index is 13.1. The molecule has 0 spiro atoms. The summed E-state index contributed by atoms with van der Waals surface area (Å²) >= 11 is 0. The molecule has 8 nitrogen and oxygen atoms in total. The number of anilines is 1. The molecule has 106 valence electrons. The largest absolute Gasteiger partial charge is 0.476 e. The molecule has 2 N–H and O–H groups in total. The Kier molecular flexibility index (Phi) is 3.90. The van der Waals surface area contributed by atoms with Gasteiger partial charge in [0.2, 0.25) is 5.91 Å². The molecule has 1 aromatic heterocycles. The molecule has 0 fully saturated rings. The Balaban J connectivity index is 2.04. The van der Waals surface area contributed by atoms with E-state index in [1.807, 2.05) is 0 Å². The highest BCUT2D eigenvalue weighted by atomic mass is 19.1. The second-order valence-corrected chi connectivity index (χ2v) is 3.96. The number of nitriles is 1. The third kappa shape index (κ3) is 3.38. The average molecular weight is 289 g/mol. The zero-order valence-corrected chi connectivity index (χ0v) is 10.4. The number of carboxylic acid groups (broad SMARTS) is 1.